The summed E-state index contributed by atoms with van der Waals surface area (Å²) in [5.41, 5.74) is 3.27. The summed E-state index contributed by atoms with van der Waals surface area (Å²) in [4.78, 5) is 46.4. The van der Waals surface area contributed by atoms with Crippen LogP contribution in [0, 0.1) is 13.8 Å². The number of carbonyl (C=O) groups excluding carboxylic acids is 2. The molecule has 8 nitrogen and oxygen atoms in total. The minimum atomic E-state index is -0.346. The number of hydrogen-bond acceptors (Lipinski definition) is 6. The Morgan fingerprint density at radius 2 is 1.65 bits per heavy atom. The molecule has 178 valence electrons. The lowest BCUT2D eigenvalue weighted by Gasteiger charge is -2.34. The number of aryl methyl sites for hydroxylation is 2. The molecule has 0 bridgehead atoms. The molecule has 0 aliphatic carbocycles. The Labute approximate surface area is 202 Å². The van der Waals surface area contributed by atoms with Crippen molar-refractivity contribution in [3.8, 4) is 5.69 Å². The molecule has 4 rings (SSSR count). The summed E-state index contributed by atoms with van der Waals surface area (Å²) >= 11 is 1.25. The number of carbonyl (C=O) groups is 2. The monoisotopic (exact) mass is 480 g/mol. The number of ether oxygens (including phenoxy) is 1. The van der Waals surface area contributed by atoms with E-state index in [1.807, 2.05) is 44.2 Å². The fourth-order valence-electron chi connectivity index (χ4n) is 4.09. The lowest BCUT2D eigenvalue weighted by atomic mass is 10.1. The van der Waals surface area contributed by atoms with Gasteiger partial charge in [0.1, 0.15) is 0 Å². The lowest BCUT2D eigenvalue weighted by molar-refractivity contribution is -0.129. The van der Waals surface area contributed by atoms with Crippen LogP contribution in [0.3, 0.4) is 0 Å². The third kappa shape index (κ3) is 5.09. The predicted molar refractivity (Wildman–Crippen MR) is 133 cm³/mol. The van der Waals surface area contributed by atoms with Crippen LogP contribution in [0.5, 0.6) is 0 Å². The van der Waals surface area contributed by atoms with Gasteiger partial charge in [0.25, 0.3) is 5.56 Å². The quantitative estimate of drug-likeness (QED) is 0.411. The summed E-state index contributed by atoms with van der Waals surface area (Å²) in [6.07, 6.45) is -0.346. The van der Waals surface area contributed by atoms with Gasteiger partial charge in [-0.05, 0) is 56.2 Å². The molecule has 1 aromatic heterocycles. The molecular formula is C25H28N4O4S. The number of nitrogens with zero attached hydrogens (tertiary/aromatic N) is 4. The molecule has 1 saturated heterocycles. The zero-order valence-electron chi connectivity index (χ0n) is 19.6. The molecule has 0 radical (unpaired) electrons. The Kier molecular flexibility index (Phi) is 7.21. The van der Waals surface area contributed by atoms with Crippen molar-refractivity contribution in [3.63, 3.8) is 0 Å². The largest absolute Gasteiger partial charge is 0.450 e. The molecule has 1 aliphatic rings. The van der Waals surface area contributed by atoms with Gasteiger partial charge in [-0.2, -0.15) is 0 Å². The highest BCUT2D eigenvalue weighted by Crippen LogP contribution is 2.23. The van der Waals surface area contributed by atoms with Gasteiger partial charge >= 0.3 is 6.09 Å². The highest BCUT2D eigenvalue weighted by molar-refractivity contribution is 7.99. The highest BCUT2D eigenvalue weighted by atomic mass is 32.2. The van der Waals surface area contributed by atoms with E-state index in [0.29, 0.717) is 48.8 Å². The second kappa shape index (κ2) is 10.3. The second-order valence-corrected chi connectivity index (χ2v) is 9.20. The number of thioether (sulfide) groups is 1. The summed E-state index contributed by atoms with van der Waals surface area (Å²) in [5.74, 6) is 0.0949. The van der Waals surface area contributed by atoms with Gasteiger partial charge in [-0.1, -0.05) is 30.0 Å². The first-order chi connectivity index (χ1) is 16.4. The SMILES string of the molecule is CCOC(=O)N1CCN(C(=O)CSc2nc3ccccc3c(=O)n2-c2cc(C)cc(C)c2)CC1. The molecule has 1 fully saturated rings. The third-order valence-corrected chi connectivity index (χ3v) is 6.62. The number of amides is 2. The van der Waals surface area contributed by atoms with E-state index >= 15 is 0 Å². The number of rotatable bonds is 5. The van der Waals surface area contributed by atoms with Gasteiger partial charge in [0, 0.05) is 26.2 Å². The van der Waals surface area contributed by atoms with Crippen molar-refractivity contribution in [3.05, 3.63) is 63.9 Å². The van der Waals surface area contributed by atoms with Gasteiger partial charge in [-0.15, -0.1) is 0 Å². The zero-order chi connectivity index (χ0) is 24.2. The first-order valence-electron chi connectivity index (χ1n) is 11.3. The van der Waals surface area contributed by atoms with Gasteiger partial charge in [0.05, 0.1) is 29.0 Å². The van der Waals surface area contributed by atoms with Crippen LogP contribution in [-0.4, -0.2) is 69.9 Å². The molecule has 1 aliphatic heterocycles. The maximum atomic E-state index is 13.4. The Morgan fingerprint density at radius 3 is 2.32 bits per heavy atom. The van der Waals surface area contributed by atoms with Crippen molar-refractivity contribution in [2.75, 3.05) is 38.5 Å². The fraction of sp³-hybridized carbons (Fsp3) is 0.360. The Bertz CT molecular complexity index is 1260. The van der Waals surface area contributed by atoms with E-state index in [1.165, 1.54) is 11.8 Å². The average molecular weight is 481 g/mol. The fourth-order valence-corrected chi connectivity index (χ4v) is 5.00. The maximum Gasteiger partial charge on any atom is 0.409 e. The van der Waals surface area contributed by atoms with E-state index in [9.17, 15) is 14.4 Å². The molecule has 0 unspecified atom stereocenters. The molecule has 2 heterocycles. The summed E-state index contributed by atoms with van der Waals surface area (Å²) in [6, 6.07) is 13.2. The van der Waals surface area contributed by atoms with Crippen molar-refractivity contribution >= 4 is 34.7 Å². The van der Waals surface area contributed by atoms with Crippen LogP contribution in [0.1, 0.15) is 18.1 Å². The van der Waals surface area contributed by atoms with Gasteiger partial charge in [-0.3, -0.25) is 14.2 Å². The summed E-state index contributed by atoms with van der Waals surface area (Å²) in [7, 11) is 0. The Hall–Kier alpha value is -3.33. The number of aromatic nitrogens is 2. The first-order valence-corrected chi connectivity index (χ1v) is 12.3. The van der Waals surface area contributed by atoms with Crippen LogP contribution in [0.2, 0.25) is 0 Å². The lowest BCUT2D eigenvalue weighted by Crippen LogP contribution is -2.51. The Morgan fingerprint density at radius 1 is 1.00 bits per heavy atom. The number of piperazine rings is 1. The molecule has 0 spiro atoms. The maximum absolute atomic E-state index is 13.4. The molecule has 34 heavy (non-hydrogen) atoms. The molecule has 2 aromatic carbocycles. The van der Waals surface area contributed by atoms with E-state index in [1.54, 1.807) is 27.4 Å². The number of hydrogen-bond donors (Lipinski definition) is 0. The topological polar surface area (TPSA) is 84.7 Å². The highest BCUT2D eigenvalue weighted by Gasteiger charge is 2.25. The number of para-hydroxylation sites is 1. The number of benzene rings is 2. The van der Waals surface area contributed by atoms with Gasteiger partial charge < -0.3 is 14.5 Å². The summed E-state index contributed by atoms with van der Waals surface area (Å²) in [6.45, 7) is 7.86. The van der Waals surface area contributed by atoms with E-state index in [-0.39, 0.29) is 23.3 Å². The van der Waals surface area contributed by atoms with Gasteiger partial charge in [0.2, 0.25) is 5.91 Å². The smallest absolute Gasteiger partial charge is 0.409 e. The van der Waals surface area contributed by atoms with Crippen LogP contribution >= 0.6 is 11.8 Å². The molecule has 0 N–H and O–H groups in total. The molecule has 0 saturated carbocycles. The molecular weight excluding hydrogens is 452 g/mol. The van der Waals surface area contributed by atoms with Gasteiger partial charge in [-0.25, -0.2) is 9.78 Å². The van der Waals surface area contributed by atoms with Crippen molar-refractivity contribution in [2.45, 2.75) is 25.9 Å². The first kappa shape index (κ1) is 23.8. The van der Waals surface area contributed by atoms with Crippen molar-refractivity contribution in [1.29, 1.82) is 0 Å². The summed E-state index contributed by atoms with van der Waals surface area (Å²) < 4.78 is 6.64. The van der Waals surface area contributed by atoms with Crippen molar-refractivity contribution in [1.82, 2.24) is 19.4 Å². The van der Waals surface area contributed by atoms with E-state index in [4.69, 9.17) is 9.72 Å². The minimum absolute atomic E-state index is 0.0529. The molecule has 9 heteroatoms. The summed E-state index contributed by atoms with van der Waals surface area (Å²) in [5, 5.41) is 1.01. The molecule has 3 aromatic rings. The van der Waals surface area contributed by atoms with Crippen molar-refractivity contribution in [2.24, 2.45) is 0 Å². The standard InChI is InChI=1S/C25H28N4O4S/c1-4-33-25(32)28-11-9-27(10-12-28)22(30)16-34-24-26-21-8-6-5-7-20(21)23(31)29(24)19-14-17(2)13-18(3)15-19/h5-8,13-15H,4,9-12,16H2,1-3H3. The van der Waals surface area contributed by atoms with Crippen LogP contribution in [-0.2, 0) is 9.53 Å². The van der Waals surface area contributed by atoms with Crippen LogP contribution in [0.15, 0.2) is 52.4 Å². The normalized spacial score (nSPS) is 13.9. The predicted octanol–water partition coefficient (Wildman–Crippen LogP) is 3.40. The van der Waals surface area contributed by atoms with E-state index in [2.05, 4.69) is 6.07 Å². The minimum Gasteiger partial charge on any atom is -0.450 e. The third-order valence-electron chi connectivity index (χ3n) is 5.69. The van der Waals surface area contributed by atoms with Crippen LogP contribution < -0.4 is 5.56 Å². The second-order valence-electron chi connectivity index (χ2n) is 8.25. The van der Waals surface area contributed by atoms with Crippen molar-refractivity contribution < 1.29 is 14.3 Å². The number of fused-ring (bicyclic) bond motifs is 1. The van der Waals surface area contributed by atoms with E-state index in [0.717, 1.165) is 16.8 Å². The van der Waals surface area contributed by atoms with Gasteiger partial charge in [0.15, 0.2) is 5.16 Å². The van der Waals surface area contributed by atoms with Crippen LogP contribution in [0.4, 0.5) is 4.79 Å². The molecule has 2 amide bonds. The average Bonchev–Trinajstić information content (AvgIpc) is 2.82. The van der Waals surface area contributed by atoms with E-state index < -0.39 is 0 Å². The zero-order valence-corrected chi connectivity index (χ0v) is 20.4. The Balaban J connectivity index is 1.57. The van der Waals surface area contributed by atoms with Crippen LogP contribution in [0.25, 0.3) is 16.6 Å². The molecule has 0 atom stereocenters.